The van der Waals surface area contributed by atoms with Gasteiger partial charge in [0.05, 0.1) is 11.6 Å². The summed E-state index contributed by atoms with van der Waals surface area (Å²) in [7, 11) is 0. The van der Waals surface area contributed by atoms with E-state index in [0.29, 0.717) is 11.8 Å². The second-order valence-electron chi connectivity index (χ2n) is 4.42. The summed E-state index contributed by atoms with van der Waals surface area (Å²) in [5.74, 6) is 1.06. The molecule has 3 heteroatoms. The lowest BCUT2D eigenvalue weighted by Gasteiger charge is -2.06. The summed E-state index contributed by atoms with van der Waals surface area (Å²) in [6.07, 6.45) is 0. The van der Waals surface area contributed by atoms with Crippen LogP contribution in [0.3, 0.4) is 0 Å². The molecule has 0 spiro atoms. The van der Waals surface area contributed by atoms with E-state index in [9.17, 15) is 0 Å². The predicted octanol–water partition coefficient (Wildman–Crippen LogP) is 4.98. The number of thiazole rings is 1. The Labute approximate surface area is 111 Å². The fourth-order valence-corrected chi connectivity index (χ4v) is 2.83. The summed E-state index contributed by atoms with van der Waals surface area (Å²) in [5, 5.41) is 0.993. The number of nitrogens with zero attached hydrogens (tertiary/aromatic N) is 1. The van der Waals surface area contributed by atoms with Crippen LogP contribution in [-0.4, -0.2) is 4.98 Å². The highest BCUT2D eigenvalue weighted by atomic mass is 35.5. The van der Waals surface area contributed by atoms with Crippen molar-refractivity contribution in [2.45, 2.75) is 32.6 Å². The van der Waals surface area contributed by atoms with E-state index in [0.717, 1.165) is 10.7 Å². The van der Waals surface area contributed by atoms with Crippen LogP contribution in [-0.2, 0) is 5.88 Å². The number of aromatic nitrogens is 1. The van der Waals surface area contributed by atoms with Crippen LogP contribution in [0.4, 0.5) is 0 Å². The number of hydrogen-bond acceptors (Lipinski definition) is 2. The third-order valence-corrected chi connectivity index (χ3v) is 4.19. The van der Waals surface area contributed by atoms with Crippen molar-refractivity contribution in [1.82, 2.24) is 4.98 Å². The van der Waals surface area contributed by atoms with Crippen LogP contribution >= 0.6 is 22.9 Å². The van der Waals surface area contributed by atoms with Crippen LogP contribution < -0.4 is 0 Å². The van der Waals surface area contributed by atoms with Gasteiger partial charge in [0.15, 0.2) is 0 Å². The van der Waals surface area contributed by atoms with Gasteiger partial charge >= 0.3 is 0 Å². The molecule has 2 rings (SSSR count). The predicted molar refractivity (Wildman–Crippen MR) is 75.9 cm³/mol. The first-order valence-electron chi connectivity index (χ1n) is 5.74. The van der Waals surface area contributed by atoms with Gasteiger partial charge in [0.25, 0.3) is 0 Å². The minimum absolute atomic E-state index is 0.496. The van der Waals surface area contributed by atoms with E-state index in [-0.39, 0.29) is 0 Å². The fourth-order valence-electron chi connectivity index (χ4n) is 1.80. The highest BCUT2D eigenvalue weighted by Gasteiger charge is 2.09. The molecular formula is C14H16ClNS. The van der Waals surface area contributed by atoms with E-state index in [4.69, 9.17) is 11.6 Å². The minimum Gasteiger partial charge on any atom is -0.240 e. The highest BCUT2D eigenvalue weighted by Crippen LogP contribution is 2.29. The normalized spacial score (nSPS) is 11.1. The molecule has 1 aromatic heterocycles. The molecule has 0 amide bonds. The van der Waals surface area contributed by atoms with E-state index in [1.807, 2.05) is 0 Å². The Morgan fingerprint density at radius 2 is 1.88 bits per heavy atom. The van der Waals surface area contributed by atoms with E-state index in [2.05, 4.69) is 50.0 Å². The number of hydrogen-bond donors (Lipinski definition) is 0. The molecule has 0 saturated heterocycles. The third-order valence-electron chi connectivity index (χ3n) is 2.81. The molecule has 0 fully saturated rings. The number of aryl methyl sites for hydroxylation is 1. The lowest BCUT2D eigenvalue weighted by molar-refractivity contribution is 0.867. The SMILES string of the molecule is Cc1sc(CCl)nc1-c1ccc(C(C)C)cc1. The van der Waals surface area contributed by atoms with Crippen LogP contribution in [0.2, 0.25) is 0 Å². The van der Waals surface area contributed by atoms with Crippen molar-refractivity contribution in [3.63, 3.8) is 0 Å². The zero-order valence-corrected chi connectivity index (χ0v) is 11.9. The van der Waals surface area contributed by atoms with Crippen LogP contribution in [0.15, 0.2) is 24.3 Å². The molecule has 1 aromatic carbocycles. The van der Waals surface area contributed by atoms with E-state index >= 15 is 0 Å². The Hall–Kier alpha value is -0.860. The molecule has 17 heavy (non-hydrogen) atoms. The van der Waals surface area contributed by atoms with E-state index in [1.54, 1.807) is 11.3 Å². The van der Waals surface area contributed by atoms with Crippen molar-refractivity contribution >= 4 is 22.9 Å². The summed E-state index contributed by atoms with van der Waals surface area (Å²) in [5.41, 5.74) is 3.61. The highest BCUT2D eigenvalue weighted by molar-refractivity contribution is 7.12. The molecule has 0 saturated carbocycles. The molecule has 0 N–H and O–H groups in total. The lowest BCUT2D eigenvalue weighted by atomic mass is 10.0. The zero-order valence-electron chi connectivity index (χ0n) is 10.3. The smallest absolute Gasteiger partial charge is 0.108 e. The summed E-state index contributed by atoms with van der Waals surface area (Å²) in [6, 6.07) is 8.66. The molecular weight excluding hydrogens is 250 g/mol. The monoisotopic (exact) mass is 265 g/mol. The van der Waals surface area contributed by atoms with Crippen molar-refractivity contribution in [3.05, 3.63) is 39.7 Å². The Balaban J connectivity index is 2.36. The molecule has 1 nitrogen and oxygen atoms in total. The maximum Gasteiger partial charge on any atom is 0.108 e. The second kappa shape index (κ2) is 5.19. The topological polar surface area (TPSA) is 12.9 Å². The molecule has 2 aromatic rings. The van der Waals surface area contributed by atoms with Crippen molar-refractivity contribution in [2.75, 3.05) is 0 Å². The van der Waals surface area contributed by atoms with Crippen LogP contribution in [0.25, 0.3) is 11.3 Å². The standard InChI is InChI=1S/C14H16ClNS/c1-9(2)11-4-6-12(7-5-11)14-10(3)17-13(8-15)16-14/h4-7,9H,8H2,1-3H3. The Kier molecular flexibility index (Phi) is 3.85. The van der Waals surface area contributed by atoms with E-state index < -0.39 is 0 Å². The van der Waals surface area contributed by atoms with Gasteiger partial charge in [-0.2, -0.15) is 0 Å². The lowest BCUT2D eigenvalue weighted by Crippen LogP contribution is -1.87. The van der Waals surface area contributed by atoms with Crippen LogP contribution in [0, 0.1) is 6.92 Å². The molecule has 90 valence electrons. The van der Waals surface area contributed by atoms with Gasteiger partial charge in [0.2, 0.25) is 0 Å². The average molecular weight is 266 g/mol. The summed E-state index contributed by atoms with van der Waals surface area (Å²) < 4.78 is 0. The summed E-state index contributed by atoms with van der Waals surface area (Å²) in [6.45, 7) is 6.50. The second-order valence-corrected chi connectivity index (χ2v) is 5.98. The molecule has 0 aliphatic rings. The average Bonchev–Trinajstić information content (AvgIpc) is 2.71. The summed E-state index contributed by atoms with van der Waals surface area (Å²) >= 11 is 7.49. The maximum atomic E-state index is 5.81. The summed E-state index contributed by atoms with van der Waals surface area (Å²) in [4.78, 5) is 5.79. The van der Waals surface area contributed by atoms with Gasteiger partial charge in [-0.1, -0.05) is 38.1 Å². The van der Waals surface area contributed by atoms with Crippen molar-refractivity contribution < 1.29 is 0 Å². The Bertz CT molecular complexity index is 499. The number of alkyl halides is 1. The number of benzene rings is 1. The van der Waals surface area contributed by atoms with Gasteiger partial charge in [-0.3, -0.25) is 0 Å². The maximum absolute atomic E-state index is 5.81. The van der Waals surface area contributed by atoms with Crippen molar-refractivity contribution in [1.29, 1.82) is 0 Å². The third kappa shape index (κ3) is 2.70. The Morgan fingerprint density at radius 1 is 1.24 bits per heavy atom. The van der Waals surface area contributed by atoms with Gasteiger partial charge in [-0.15, -0.1) is 22.9 Å². The minimum atomic E-state index is 0.496. The van der Waals surface area contributed by atoms with Crippen molar-refractivity contribution in [3.8, 4) is 11.3 Å². The molecule has 0 bridgehead atoms. The zero-order chi connectivity index (χ0) is 12.4. The molecule has 0 aliphatic heterocycles. The van der Waals surface area contributed by atoms with Crippen LogP contribution in [0.1, 0.15) is 35.2 Å². The molecule has 0 unspecified atom stereocenters. The first-order valence-corrected chi connectivity index (χ1v) is 7.09. The van der Waals surface area contributed by atoms with E-state index in [1.165, 1.54) is 16.0 Å². The number of halogens is 1. The van der Waals surface area contributed by atoms with Gasteiger partial charge in [0, 0.05) is 10.4 Å². The first kappa shape index (κ1) is 12.6. The molecule has 0 aliphatic carbocycles. The Morgan fingerprint density at radius 3 is 2.35 bits per heavy atom. The quantitative estimate of drug-likeness (QED) is 0.713. The van der Waals surface area contributed by atoms with Crippen LogP contribution in [0.5, 0.6) is 0 Å². The van der Waals surface area contributed by atoms with Gasteiger partial charge in [-0.05, 0) is 18.4 Å². The fraction of sp³-hybridized carbons (Fsp3) is 0.357. The number of rotatable bonds is 3. The first-order chi connectivity index (χ1) is 8.11. The van der Waals surface area contributed by atoms with Crippen molar-refractivity contribution in [2.24, 2.45) is 0 Å². The van der Waals surface area contributed by atoms with Gasteiger partial charge < -0.3 is 0 Å². The molecule has 0 radical (unpaired) electrons. The molecule has 0 atom stereocenters. The largest absolute Gasteiger partial charge is 0.240 e. The van der Waals surface area contributed by atoms with Gasteiger partial charge in [0.1, 0.15) is 5.01 Å². The molecule has 1 heterocycles. The van der Waals surface area contributed by atoms with Gasteiger partial charge in [-0.25, -0.2) is 4.98 Å².